The van der Waals surface area contributed by atoms with Crippen molar-refractivity contribution in [1.82, 2.24) is 20.4 Å². The summed E-state index contributed by atoms with van der Waals surface area (Å²) in [4.78, 5) is 24.3. The monoisotopic (exact) mass is 338 g/mol. The van der Waals surface area contributed by atoms with Crippen LogP contribution in [0.25, 0.3) is 0 Å². The second-order valence-corrected chi connectivity index (χ2v) is 7.38. The number of aromatic nitrogens is 2. The lowest BCUT2D eigenvalue weighted by Gasteiger charge is -2.32. The molecule has 1 atom stereocenters. The van der Waals surface area contributed by atoms with Crippen LogP contribution < -0.4 is 10.6 Å². The molecule has 0 saturated heterocycles. The van der Waals surface area contributed by atoms with Crippen LogP contribution in [0.2, 0.25) is 0 Å². The molecule has 0 aliphatic heterocycles. The lowest BCUT2D eigenvalue weighted by molar-refractivity contribution is 0.0453. The zero-order valence-corrected chi connectivity index (χ0v) is 15.6. The van der Waals surface area contributed by atoms with Gasteiger partial charge in [-0.05, 0) is 34.1 Å². The van der Waals surface area contributed by atoms with Crippen LogP contribution in [0.3, 0.4) is 0 Å². The Morgan fingerprint density at radius 1 is 1.29 bits per heavy atom. The molecule has 7 nitrogen and oxygen atoms in total. The van der Waals surface area contributed by atoms with E-state index in [2.05, 4.69) is 22.7 Å². The number of nitrogens with one attached hydrogen (secondary N) is 2. The summed E-state index contributed by atoms with van der Waals surface area (Å²) in [6.45, 7) is 9.78. The second kappa shape index (κ2) is 8.17. The normalized spacial score (nSPS) is 13.9. The molecule has 2 amide bonds. The van der Waals surface area contributed by atoms with Crippen molar-refractivity contribution in [2.24, 2.45) is 7.05 Å². The van der Waals surface area contributed by atoms with E-state index in [1.54, 1.807) is 17.9 Å². The van der Waals surface area contributed by atoms with Crippen molar-refractivity contribution in [3.05, 3.63) is 18.0 Å². The van der Waals surface area contributed by atoms with Crippen LogP contribution in [0.4, 0.5) is 4.79 Å². The second-order valence-electron chi connectivity index (χ2n) is 7.38. The number of alkyl carbamates (subject to hydrolysis) is 1. The Labute approximate surface area is 144 Å². The van der Waals surface area contributed by atoms with Gasteiger partial charge in [-0.25, -0.2) is 4.79 Å². The maximum absolute atomic E-state index is 12.2. The van der Waals surface area contributed by atoms with Crippen molar-refractivity contribution >= 4 is 12.0 Å². The van der Waals surface area contributed by atoms with Crippen molar-refractivity contribution in [3.8, 4) is 0 Å². The summed E-state index contributed by atoms with van der Waals surface area (Å²) >= 11 is 0. The van der Waals surface area contributed by atoms with Crippen LogP contribution in [0, 0.1) is 0 Å². The smallest absolute Gasteiger partial charge is 0.408 e. The third-order valence-electron chi connectivity index (χ3n) is 3.49. The van der Waals surface area contributed by atoms with Crippen LogP contribution in [-0.4, -0.2) is 39.5 Å². The van der Waals surface area contributed by atoms with E-state index in [0.717, 1.165) is 19.3 Å². The van der Waals surface area contributed by atoms with Gasteiger partial charge >= 0.3 is 6.09 Å². The minimum absolute atomic E-state index is 0.211. The van der Waals surface area contributed by atoms with Gasteiger partial charge in [-0.15, -0.1) is 0 Å². The number of carbonyl (C=O) groups excluding carboxylic acids is 2. The fraction of sp³-hybridized carbons (Fsp3) is 0.706. The number of carbonyl (C=O) groups is 2. The maximum Gasteiger partial charge on any atom is 0.408 e. The summed E-state index contributed by atoms with van der Waals surface area (Å²) in [5, 5.41) is 9.75. The number of hydrogen-bond acceptors (Lipinski definition) is 4. The Morgan fingerprint density at radius 3 is 2.46 bits per heavy atom. The number of rotatable bonds is 7. The maximum atomic E-state index is 12.2. The largest absolute Gasteiger partial charge is 0.444 e. The number of nitrogens with zero attached hydrogens (tertiary/aromatic N) is 2. The summed E-state index contributed by atoms with van der Waals surface area (Å²) in [5.74, 6) is -0.211. The Bertz CT molecular complexity index is 562. The molecule has 7 heteroatoms. The lowest BCUT2D eigenvalue weighted by atomic mass is 9.95. The highest BCUT2D eigenvalue weighted by atomic mass is 16.6. The summed E-state index contributed by atoms with van der Waals surface area (Å²) in [6.07, 6.45) is 5.38. The Kier molecular flexibility index (Phi) is 6.81. The number of hydrogen-bond donors (Lipinski definition) is 2. The minimum atomic E-state index is -0.573. The molecule has 0 fully saturated rings. The molecule has 0 saturated carbocycles. The van der Waals surface area contributed by atoms with E-state index in [-0.39, 0.29) is 5.91 Å². The molecular formula is C17H30N4O3. The standard InChI is InChI=1S/C17H30N4O3/c1-7-8-9-17(5,20-15(23)24-16(2,3)4)12-18-14(22)13-10-19-21(6)11-13/h10-11H,7-9,12H2,1-6H3,(H,18,22)(H,20,23)/t17-/m1/s1. The average molecular weight is 338 g/mol. The average Bonchev–Trinajstić information content (AvgIpc) is 2.87. The van der Waals surface area contributed by atoms with Gasteiger partial charge in [-0.1, -0.05) is 19.8 Å². The van der Waals surface area contributed by atoms with E-state index < -0.39 is 17.2 Å². The fourth-order valence-electron chi connectivity index (χ4n) is 2.23. The van der Waals surface area contributed by atoms with Crippen molar-refractivity contribution in [2.75, 3.05) is 6.54 Å². The SMILES string of the molecule is CCCC[C@](C)(CNC(=O)c1cnn(C)c1)NC(=O)OC(C)(C)C. The van der Waals surface area contributed by atoms with Gasteiger partial charge in [-0.2, -0.15) is 5.10 Å². The first-order valence-electron chi connectivity index (χ1n) is 8.33. The molecule has 0 unspecified atom stereocenters. The molecule has 136 valence electrons. The van der Waals surface area contributed by atoms with Gasteiger partial charge in [0.05, 0.1) is 17.3 Å². The van der Waals surface area contributed by atoms with Crippen molar-refractivity contribution in [1.29, 1.82) is 0 Å². The topological polar surface area (TPSA) is 85.3 Å². The van der Waals surface area contributed by atoms with Crippen LogP contribution in [0.15, 0.2) is 12.4 Å². The third-order valence-corrected chi connectivity index (χ3v) is 3.49. The summed E-state index contributed by atoms with van der Waals surface area (Å²) in [7, 11) is 1.76. The fourth-order valence-corrected chi connectivity index (χ4v) is 2.23. The van der Waals surface area contributed by atoms with Crippen molar-refractivity contribution in [2.45, 2.75) is 65.0 Å². The van der Waals surface area contributed by atoms with E-state index in [1.807, 2.05) is 27.7 Å². The predicted molar refractivity (Wildman–Crippen MR) is 92.8 cm³/mol. The molecule has 0 aliphatic carbocycles. The first-order valence-corrected chi connectivity index (χ1v) is 8.33. The number of amides is 2. The quantitative estimate of drug-likeness (QED) is 0.800. The molecule has 1 heterocycles. The highest BCUT2D eigenvalue weighted by Gasteiger charge is 2.29. The van der Waals surface area contributed by atoms with E-state index in [1.165, 1.54) is 6.20 Å². The van der Waals surface area contributed by atoms with Crippen molar-refractivity contribution < 1.29 is 14.3 Å². The molecule has 0 aromatic carbocycles. The summed E-state index contributed by atoms with van der Waals surface area (Å²) in [6, 6.07) is 0. The van der Waals surface area contributed by atoms with Gasteiger partial charge in [0.1, 0.15) is 5.60 Å². The Hall–Kier alpha value is -2.05. The van der Waals surface area contributed by atoms with E-state index >= 15 is 0 Å². The van der Waals surface area contributed by atoms with Gasteiger partial charge < -0.3 is 15.4 Å². The minimum Gasteiger partial charge on any atom is -0.444 e. The van der Waals surface area contributed by atoms with Gasteiger partial charge in [-0.3, -0.25) is 9.48 Å². The van der Waals surface area contributed by atoms with Crippen LogP contribution in [0.1, 0.15) is 64.2 Å². The molecular weight excluding hydrogens is 308 g/mol. The van der Waals surface area contributed by atoms with Crippen LogP contribution in [0.5, 0.6) is 0 Å². The first kappa shape index (κ1) is 20.0. The Morgan fingerprint density at radius 2 is 1.96 bits per heavy atom. The Balaban J connectivity index is 2.68. The molecule has 24 heavy (non-hydrogen) atoms. The molecule has 2 N–H and O–H groups in total. The van der Waals surface area contributed by atoms with Crippen LogP contribution >= 0.6 is 0 Å². The highest BCUT2D eigenvalue weighted by molar-refractivity contribution is 5.93. The molecule has 0 aliphatic rings. The number of aryl methyl sites for hydroxylation is 1. The zero-order chi connectivity index (χ0) is 18.4. The van der Waals surface area contributed by atoms with Gasteiger partial charge in [0.15, 0.2) is 0 Å². The van der Waals surface area contributed by atoms with E-state index in [0.29, 0.717) is 12.1 Å². The van der Waals surface area contributed by atoms with E-state index in [9.17, 15) is 9.59 Å². The first-order chi connectivity index (χ1) is 11.0. The zero-order valence-electron chi connectivity index (χ0n) is 15.6. The van der Waals surface area contributed by atoms with Gasteiger partial charge in [0.25, 0.3) is 5.91 Å². The van der Waals surface area contributed by atoms with Crippen molar-refractivity contribution in [3.63, 3.8) is 0 Å². The summed E-state index contributed by atoms with van der Waals surface area (Å²) < 4.78 is 6.91. The van der Waals surface area contributed by atoms with E-state index in [4.69, 9.17) is 4.74 Å². The molecule has 0 spiro atoms. The third kappa shape index (κ3) is 7.02. The molecule has 1 rings (SSSR count). The number of ether oxygens (including phenoxy) is 1. The molecule has 1 aromatic heterocycles. The molecule has 0 radical (unpaired) electrons. The lowest BCUT2D eigenvalue weighted by Crippen LogP contribution is -2.54. The van der Waals surface area contributed by atoms with Gasteiger partial charge in [0, 0.05) is 19.8 Å². The van der Waals surface area contributed by atoms with Gasteiger partial charge in [0.2, 0.25) is 0 Å². The highest BCUT2D eigenvalue weighted by Crippen LogP contribution is 2.15. The predicted octanol–water partition coefficient (Wildman–Crippen LogP) is 2.62. The molecule has 1 aromatic rings. The summed E-state index contributed by atoms with van der Waals surface area (Å²) in [5.41, 5.74) is -0.641. The molecule has 0 bridgehead atoms. The van der Waals surface area contributed by atoms with Crippen LogP contribution in [-0.2, 0) is 11.8 Å². The number of unbranched alkanes of at least 4 members (excludes halogenated alkanes) is 1.